The lowest BCUT2D eigenvalue weighted by Gasteiger charge is -2.11. The van der Waals surface area contributed by atoms with Crippen molar-refractivity contribution in [2.24, 2.45) is 0 Å². The van der Waals surface area contributed by atoms with E-state index in [1.807, 2.05) is 6.92 Å². The third-order valence-electron chi connectivity index (χ3n) is 2.58. The lowest BCUT2D eigenvalue weighted by Crippen LogP contribution is -2.15. The van der Waals surface area contributed by atoms with Crippen molar-refractivity contribution in [1.82, 2.24) is 4.98 Å². The van der Waals surface area contributed by atoms with Crippen molar-refractivity contribution < 1.29 is 13.9 Å². The fraction of sp³-hybridized carbons (Fsp3) is 0.231. The van der Waals surface area contributed by atoms with Gasteiger partial charge in [-0.25, -0.2) is 4.98 Å². The topological polar surface area (TPSA) is 64.4 Å². The molecule has 0 spiro atoms. The Kier molecular flexibility index (Phi) is 4.06. The first kappa shape index (κ1) is 13.4. The molecule has 0 unspecified atom stereocenters. The molecule has 0 aliphatic heterocycles. The Hall–Kier alpha value is -2.01. The summed E-state index contributed by atoms with van der Waals surface area (Å²) in [5.74, 6) is 0.318. The average Bonchev–Trinajstić information content (AvgIpc) is 2.86. The Labute approximate surface area is 115 Å². The number of anilines is 1. The van der Waals surface area contributed by atoms with Gasteiger partial charge in [0.05, 0.1) is 24.9 Å². The van der Waals surface area contributed by atoms with Gasteiger partial charge >= 0.3 is 0 Å². The molecule has 6 heteroatoms. The second-order valence-corrected chi connectivity index (χ2v) is 4.41. The molecule has 2 aromatic rings. The fourth-order valence-corrected chi connectivity index (χ4v) is 1.77. The fourth-order valence-electron chi connectivity index (χ4n) is 1.61. The molecule has 1 heterocycles. The van der Waals surface area contributed by atoms with E-state index < -0.39 is 0 Å². The number of benzene rings is 1. The van der Waals surface area contributed by atoms with Gasteiger partial charge in [-0.2, -0.15) is 0 Å². The molecule has 0 saturated carbocycles. The number of carbonyl (C=O) groups excluding carboxylic acids is 1. The number of nitrogens with one attached hydrogen (secondary N) is 1. The van der Waals surface area contributed by atoms with Crippen molar-refractivity contribution in [3.05, 3.63) is 41.1 Å². The quantitative estimate of drug-likeness (QED) is 0.935. The molecule has 5 nitrogen and oxygen atoms in total. The molecule has 1 N–H and O–H groups in total. The maximum absolute atomic E-state index is 11.9. The third-order valence-corrected chi connectivity index (χ3v) is 2.99. The van der Waals surface area contributed by atoms with Crippen molar-refractivity contribution in [3.8, 4) is 5.75 Å². The molecule has 100 valence electrons. The number of halogens is 1. The molecule has 0 saturated heterocycles. The summed E-state index contributed by atoms with van der Waals surface area (Å²) in [4.78, 5) is 15.8. The molecule has 0 bridgehead atoms. The van der Waals surface area contributed by atoms with Crippen LogP contribution in [0.1, 0.15) is 11.3 Å². The number of amides is 1. The lowest BCUT2D eigenvalue weighted by atomic mass is 10.2. The van der Waals surface area contributed by atoms with E-state index in [2.05, 4.69) is 10.3 Å². The van der Waals surface area contributed by atoms with E-state index in [4.69, 9.17) is 20.8 Å². The van der Waals surface area contributed by atoms with Crippen LogP contribution in [0.15, 0.2) is 29.2 Å². The number of hydrogen-bond acceptors (Lipinski definition) is 4. The van der Waals surface area contributed by atoms with Crippen LogP contribution in [0.25, 0.3) is 0 Å². The Bertz CT molecular complexity index is 582. The second-order valence-electron chi connectivity index (χ2n) is 4.01. The molecule has 1 amide bonds. The second kappa shape index (κ2) is 5.75. The summed E-state index contributed by atoms with van der Waals surface area (Å²) >= 11 is 6.00. The number of ether oxygens (including phenoxy) is 1. The van der Waals surface area contributed by atoms with Gasteiger partial charge in [0.15, 0.2) is 6.39 Å². The highest BCUT2D eigenvalue weighted by atomic mass is 35.5. The number of aryl methyl sites for hydroxylation is 1. The van der Waals surface area contributed by atoms with E-state index in [0.29, 0.717) is 22.2 Å². The summed E-state index contributed by atoms with van der Waals surface area (Å²) in [7, 11) is 1.52. The highest BCUT2D eigenvalue weighted by Gasteiger charge is 2.11. The van der Waals surface area contributed by atoms with Gasteiger partial charge in [-0.1, -0.05) is 11.6 Å². The first-order valence-electron chi connectivity index (χ1n) is 5.61. The molecule has 2 rings (SSSR count). The van der Waals surface area contributed by atoms with Crippen LogP contribution < -0.4 is 10.1 Å². The normalized spacial score (nSPS) is 10.3. The predicted octanol–water partition coefficient (Wildman–Crippen LogP) is 2.83. The average molecular weight is 281 g/mol. The summed E-state index contributed by atoms with van der Waals surface area (Å²) in [5.41, 5.74) is 2.01. The zero-order valence-electron chi connectivity index (χ0n) is 10.6. The summed E-state index contributed by atoms with van der Waals surface area (Å²) in [6.45, 7) is 1.86. The molecule has 0 aliphatic rings. The molecule has 1 aromatic carbocycles. The largest absolute Gasteiger partial charge is 0.495 e. The smallest absolute Gasteiger partial charge is 0.230 e. The number of aromatic nitrogens is 1. The molecule has 19 heavy (non-hydrogen) atoms. The zero-order valence-corrected chi connectivity index (χ0v) is 11.3. The number of nitrogens with zero attached hydrogens (tertiary/aromatic N) is 1. The third kappa shape index (κ3) is 3.26. The van der Waals surface area contributed by atoms with E-state index in [-0.39, 0.29) is 12.3 Å². The number of hydrogen-bond donors (Lipinski definition) is 1. The van der Waals surface area contributed by atoms with Crippen LogP contribution in [0.5, 0.6) is 5.75 Å². The zero-order chi connectivity index (χ0) is 13.8. The monoisotopic (exact) mass is 280 g/mol. The maximum Gasteiger partial charge on any atom is 0.230 e. The Morgan fingerprint density at radius 1 is 1.53 bits per heavy atom. The van der Waals surface area contributed by atoms with E-state index in [9.17, 15) is 4.79 Å². The number of rotatable bonds is 4. The van der Waals surface area contributed by atoms with Gasteiger partial charge in [-0.3, -0.25) is 4.79 Å². The van der Waals surface area contributed by atoms with Gasteiger partial charge in [0, 0.05) is 11.1 Å². The summed E-state index contributed by atoms with van der Waals surface area (Å²) in [6.07, 6.45) is 2.86. The Morgan fingerprint density at radius 3 is 2.95 bits per heavy atom. The lowest BCUT2D eigenvalue weighted by molar-refractivity contribution is -0.115. The van der Waals surface area contributed by atoms with Gasteiger partial charge < -0.3 is 14.5 Å². The van der Waals surface area contributed by atoms with E-state index >= 15 is 0 Å². The summed E-state index contributed by atoms with van der Waals surface area (Å²) in [5, 5.41) is 3.35. The van der Waals surface area contributed by atoms with E-state index in [0.717, 1.165) is 5.56 Å². The van der Waals surface area contributed by atoms with Gasteiger partial charge in [-0.05, 0) is 18.6 Å². The Morgan fingerprint density at radius 2 is 2.32 bits per heavy atom. The highest BCUT2D eigenvalue weighted by Crippen LogP contribution is 2.30. The van der Waals surface area contributed by atoms with Crippen molar-refractivity contribution in [3.63, 3.8) is 0 Å². The SMILES string of the molecule is COc1cc(Cl)c(C)cc1NC(=O)Cc1cocn1. The standard InChI is InChI=1S/C13H13ClN2O3/c1-8-3-11(12(18-2)5-10(8)14)16-13(17)4-9-6-19-7-15-9/h3,5-7H,4H2,1-2H3,(H,16,17). The van der Waals surface area contributed by atoms with Crippen molar-refractivity contribution in [2.75, 3.05) is 12.4 Å². The molecular formula is C13H13ClN2O3. The maximum atomic E-state index is 11.9. The van der Waals surface area contributed by atoms with Crippen molar-refractivity contribution in [2.45, 2.75) is 13.3 Å². The van der Waals surface area contributed by atoms with Gasteiger partial charge in [0.1, 0.15) is 12.0 Å². The van der Waals surface area contributed by atoms with Crippen LogP contribution >= 0.6 is 11.6 Å². The van der Waals surface area contributed by atoms with Crippen LogP contribution in [0.3, 0.4) is 0 Å². The van der Waals surface area contributed by atoms with E-state index in [1.165, 1.54) is 19.8 Å². The minimum absolute atomic E-state index is 0.140. The van der Waals surface area contributed by atoms with Crippen molar-refractivity contribution >= 4 is 23.2 Å². The Balaban J connectivity index is 2.14. The van der Waals surface area contributed by atoms with Gasteiger partial charge in [-0.15, -0.1) is 0 Å². The first-order valence-corrected chi connectivity index (χ1v) is 5.99. The molecule has 0 aliphatic carbocycles. The van der Waals surface area contributed by atoms with Crippen LogP contribution in [-0.2, 0) is 11.2 Å². The highest BCUT2D eigenvalue weighted by molar-refractivity contribution is 6.31. The minimum Gasteiger partial charge on any atom is -0.495 e. The molecular weight excluding hydrogens is 268 g/mol. The minimum atomic E-state index is -0.200. The van der Waals surface area contributed by atoms with Crippen LogP contribution in [0.4, 0.5) is 5.69 Å². The van der Waals surface area contributed by atoms with Gasteiger partial charge in [0.25, 0.3) is 0 Å². The van der Waals surface area contributed by atoms with Crippen LogP contribution in [-0.4, -0.2) is 18.0 Å². The van der Waals surface area contributed by atoms with Crippen LogP contribution in [0.2, 0.25) is 5.02 Å². The number of methoxy groups -OCH3 is 1. The van der Waals surface area contributed by atoms with Crippen LogP contribution in [0, 0.1) is 6.92 Å². The first-order chi connectivity index (χ1) is 9.10. The summed E-state index contributed by atoms with van der Waals surface area (Å²) < 4.78 is 10.00. The molecule has 0 atom stereocenters. The molecule has 0 fully saturated rings. The molecule has 1 aromatic heterocycles. The predicted molar refractivity (Wildman–Crippen MR) is 71.6 cm³/mol. The van der Waals surface area contributed by atoms with Crippen molar-refractivity contribution in [1.29, 1.82) is 0 Å². The van der Waals surface area contributed by atoms with Gasteiger partial charge in [0.2, 0.25) is 5.91 Å². The van der Waals surface area contributed by atoms with E-state index in [1.54, 1.807) is 12.1 Å². The number of carbonyl (C=O) groups is 1. The number of oxazole rings is 1. The summed E-state index contributed by atoms with van der Waals surface area (Å²) in [6, 6.07) is 3.43. The molecule has 0 radical (unpaired) electrons.